The number of nitrogens with one attached hydrogen (secondary N) is 2. The van der Waals surface area contributed by atoms with Crippen molar-refractivity contribution in [2.24, 2.45) is 0 Å². The standard InChI is InChI=1S/C15H26N4O/c1-3-7-13-14(16-4-2)18-11-19-15(13)17-10-12-8-5-6-9-20-12/h11-12H,3-10H2,1-2H3,(H2,16,17,18,19). The van der Waals surface area contributed by atoms with Gasteiger partial charge in [0.25, 0.3) is 0 Å². The Morgan fingerprint density at radius 2 is 2.00 bits per heavy atom. The van der Waals surface area contributed by atoms with E-state index in [1.54, 1.807) is 6.33 Å². The smallest absolute Gasteiger partial charge is 0.134 e. The highest BCUT2D eigenvalue weighted by atomic mass is 16.5. The highest BCUT2D eigenvalue weighted by Crippen LogP contribution is 2.22. The molecule has 20 heavy (non-hydrogen) atoms. The van der Waals surface area contributed by atoms with Crippen LogP contribution in [0.4, 0.5) is 11.6 Å². The van der Waals surface area contributed by atoms with Crippen molar-refractivity contribution >= 4 is 11.6 Å². The highest BCUT2D eigenvalue weighted by molar-refractivity contribution is 5.57. The monoisotopic (exact) mass is 278 g/mol. The molecule has 5 nitrogen and oxygen atoms in total. The van der Waals surface area contributed by atoms with E-state index in [9.17, 15) is 0 Å². The topological polar surface area (TPSA) is 59.1 Å². The fraction of sp³-hybridized carbons (Fsp3) is 0.733. The van der Waals surface area contributed by atoms with Gasteiger partial charge in [-0.1, -0.05) is 13.3 Å². The van der Waals surface area contributed by atoms with E-state index >= 15 is 0 Å². The fourth-order valence-corrected chi connectivity index (χ4v) is 2.55. The zero-order valence-electron chi connectivity index (χ0n) is 12.6. The molecular formula is C15H26N4O. The minimum absolute atomic E-state index is 0.316. The summed E-state index contributed by atoms with van der Waals surface area (Å²) in [7, 11) is 0. The van der Waals surface area contributed by atoms with Gasteiger partial charge in [0, 0.05) is 25.3 Å². The summed E-state index contributed by atoms with van der Waals surface area (Å²) in [5.41, 5.74) is 1.19. The Morgan fingerprint density at radius 1 is 1.20 bits per heavy atom. The van der Waals surface area contributed by atoms with Crippen molar-refractivity contribution in [1.82, 2.24) is 9.97 Å². The molecule has 5 heteroatoms. The molecule has 0 bridgehead atoms. The molecule has 2 heterocycles. The van der Waals surface area contributed by atoms with Crippen molar-refractivity contribution in [2.75, 3.05) is 30.3 Å². The summed E-state index contributed by atoms with van der Waals surface area (Å²) in [6.07, 6.45) is 7.60. The second-order valence-corrected chi connectivity index (χ2v) is 5.20. The van der Waals surface area contributed by atoms with Gasteiger partial charge in [0.05, 0.1) is 6.10 Å². The lowest BCUT2D eigenvalue weighted by atomic mass is 10.1. The zero-order chi connectivity index (χ0) is 14.2. The van der Waals surface area contributed by atoms with Crippen molar-refractivity contribution in [1.29, 1.82) is 0 Å². The summed E-state index contributed by atoms with van der Waals surface area (Å²) in [6, 6.07) is 0. The number of rotatable bonds is 7. The van der Waals surface area contributed by atoms with Crippen molar-refractivity contribution in [2.45, 2.75) is 52.1 Å². The maximum Gasteiger partial charge on any atom is 0.134 e. The summed E-state index contributed by atoms with van der Waals surface area (Å²) in [6.45, 7) is 6.86. The van der Waals surface area contributed by atoms with Gasteiger partial charge >= 0.3 is 0 Å². The molecule has 0 aliphatic carbocycles. The molecule has 112 valence electrons. The van der Waals surface area contributed by atoms with Crippen LogP contribution in [-0.4, -0.2) is 35.8 Å². The Morgan fingerprint density at radius 3 is 2.65 bits per heavy atom. The summed E-state index contributed by atoms with van der Waals surface area (Å²) >= 11 is 0. The predicted octanol–water partition coefficient (Wildman–Crippen LogP) is 2.84. The van der Waals surface area contributed by atoms with Gasteiger partial charge in [0.15, 0.2) is 0 Å². The van der Waals surface area contributed by atoms with Crippen molar-refractivity contribution in [3.8, 4) is 0 Å². The Bertz CT molecular complexity index is 405. The predicted molar refractivity (Wildman–Crippen MR) is 82.3 cm³/mol. The molecule has 1 aromatic heterocycles. The minimum atomic E-state index is 0.316. The Hall–Kier alpha value is -1.36. The molecule has 1 aromatic rings. The van der Waals surface area contributed by atoms with Gasteiger partial charge in [-0.2, -0.15) is 0 Å². The van der Waals surface area contributed by atoms with Gasteiger partial charge in [-0.15, -0.1) is 0 Å². The number of anilines is 2. The molecule has 1 aliphatic heterocycles. The molecule has 2 rings (SSSR count). The van der Waals surface area contributed by atoms with Crippen LogP contribution in [0.15, 0.2) is 6.33 Å². The second kappa shape index (κ2) is 8.04. The van der Waals surface area contributed by atoms with Crippen LogP contribution >= 0.6 is 0 Å². The maximum absolute atomic E-state index is 5.76. The largest absolute Gasteiger partial charge is 0.376 e. The van der Waals surface area contributed by atoms with Gasteiger partial charge in [0.2, 0.25) is 0 Å². The SMILES string of the molecule is CCCc1c(NCC)ncnc1NCC1CCCCO1. The van der Waals surface area contributed by atoms with Gasteiger partial charge in [-0.3, -0.25) is 0 Å². The molecule has 1 aliphatic rings. The average molecular weight is 278 g/mol. The number of ether oxygens (including phenoxy) is 1. The lowest BCUT2D eigenvalue weighted by Gasteiger charge is -2.23. The van der Waals surface area contributed by atoms with E-state index in [1.165, 1.54) is 18.4 Å². The number of hydrogen-bond acceptors (Lipinski definition) is 5. The molecule has 1 unspecified atom stereocenters. The van der Waals surface area contributed by atoms with E-state index in [0.717, 1.165) is 50.6 Å². The summed E-state index contributed by atoms with van der Waals surface area (Å²) in [4.78, 5) is 8.76. The Labute approximate surface area is 121 Å². The van der Waals surface area contributed by atoms with E-state index in [2.05, 4.69) is 34.4 Å². The first-order valence-corrected chi connectivity index (χ1v) is 7.78. The van der Waals surface area contributed by atoms with Gasteiger partial charge < -0.3 is 15.4 Å². The maximum atomic E-state index is 5.76. The van der Waals surface area contributed by atoms with Gasteiger partial charge in [-0.05, 0) is 32.6 Å². The van der Waals surface area contributed by atoms with Crippen LogP contribution in [0.1, 0.15) is 45.1 Å². The van der Waals surface area contributed by atoms with Crippen molar-refractivity contribution in [3.63, 3.8) is 0 Å². The van der Waals surface area contributed by atoms with E-state index in [-0.39, 0.29) is 0 Å². The normalized spacial score (nSPS) is 18.8. The van der Waals surface area contributed by atoms with Crippen LogP contribution < -0.4 is 10.6 Å². The van der Waals surface area contributed by atoms with Crippen LogP contribution in [0, 0.1) is 0 Å². The lowest BCUT2D eigenvalue weighted by Crippen LogP contribution is -2.27. The van der Waals surface area contributed by atoms with Crippen LogP contribution in [-0.2, 0) is 11.2 Å². The van der Waals surface area contributed by atoms with E-state index in [4.69, 9.17) is 4.74 Å². The van der Waals surface area contributed by atoms with Gasteiger partial charge in [0.1, 0.15) is 18.0 Å². The molecule has 1 fully saturated rings. The van der Waals surface area contributed by atoms with Crippen LogP contribution in [0.2, 0.25) is 0 Å². The summed E-state index contributed by atoms with van der Waals surface area (Å²) in [5.74, 6) is 1.91. The number of hydrogen-bond donors (Lipinski definition) is 2. The first-order valence-electron chi connectivity index (χ1n) is 7.78. The van der Waals surface area contributed by atoms with E-state index < -0.39 is 0 Å². The quantitative estimate of drug-likeness (QED) is 0.803. The molecular weight excluding hydrogens is 252 g/mol. The molecule has 0 saturated carbocycles. The molecule has 0 radical (unpaired) electrons. The number of nitrogens with zero attached hydrogens (tertiary/aromatic N) is 2. The van der Waals surface area contributed by atoms with Crippen molar-refractivity contribution in [3.05, 3.63) is 11.9 Å². The second-order valence-electron chi connectivity index (χ2n) is 5.20. The molecule has 2 N–H and O–H groups in total. The highest BCUT2D eigenvalue weighted by Gasteiger charge is 2.15. The third kappa shape index (κ3) is 4.07. The average Bonchev–Trinajstić information content (AvgIpc) is 2.49. The summed E-state index contributed by atoms with van der Waals surface area (Å²) < 4.78 is 5.76. The molecule has 1 atom stereocenters. The van der Waals surface area contributed by atoms with Gasteiger partial charge in [-0.25, -0.2) is 9.97 Å². The third-order valence-corrected chi connectivity index (χ3v) is 3.56. The fourth-order valence-electron chi connectivity index (χ4n) is 2.55. The Kier molecular flexibility index (Phi) is 6.05. The van der Waals surface area contributed by atoms with Crippen LogP contribution in [0.25, 0.3) is 0 Å². The first kappa shape index (κ1) is 15.0. The first-order chi connectivity index (χ1) is 9.85. The molecule has 0 amide bonds. The third-order valence-electron chi connectivity index (χ3n) is 3.56. The van der Waals surface area contributed by atoms with Crippen LogP contribution in [0.3, 0.4) is 0 Å². The molecule has 0 spiro atoms. The van der Waals surface area contributed by atoms with Crippen LogP contribution in [0.5, 0.6) is 0 Å². The van der Waals surface area contributed by atoms with Crippen molar-refractivity contribution < 1.29 is 4.74 Å². The molecule has 1 saturated heterocycles. The summed E-state index contributed by atoms with van der Waals surface area (Å²) in [5, 5.41) is 6.77. The lowest BCUT2D eigenvalue weighted by molar-refractivity contribution is 0.0247. The zero-order valence-corrected chi connectivity index (χ0v) is 12.6. The molecule has 0 aromatic carbocycles. The number of aromatic nitrogens is 2. The van der Waals surface area contributed by atoms with E-state index in [0.29, 0.717) is 6.10 Å². The van der Waals surface area contributed by atoms with E-state index in [1.807, 2.05) is 0 Å². The Balaban J connectivity index is 2.02. The minimum Gasteiger partial charge on any atom is -0.376 e.